The zero-order valence-corrected chi connectivity index (χ0v) is 11.5. The van der Waals surface area contributed by atoms with Crippen LogP contribution >= 0.6 is 0 Å². The van der Waals surface area contributed by atoms with Crippen LogP contribution in [0.15, 0.2) is 30.3 Å². The Bertz CT molecular complexity index is 365. The molecule has 5 heteroatoms. The third kappa shape index (κ3) is 5.61. The van der Waals surface area contributed by atoms with Crippen LogP contribution in [0, 0.1) is 5.92 Å². The molecule has 0 aliphatic rings. The molecule has 1 N–H and O–H groups in total. The van der Waals surface area contributed by atoms with Gasteiger partial charge in [0.1, 0.15) is 0 Å². The summed E-state index contributed by atoms with van der Waals surface area (Å²) >= 11 is 0. The van der Waals surface area contributed by atoms with E-state index in [0.29, 0.717) is 6.54 Å². The van der Waals surface area contributed by atoms with Gasteiger partial charge in [0.2, 0.25) is 0 Å². The normalized spacial score (nSPS) is 15.5. The molecule has 0 amide bonds. The van der Waals surface area contributed by atoms with E-state index >= 15 is 0 Å². The van der Waals surface area contributed by atoms with Crippen LogP contribution in [0.2, 0.25) is 0 Å². The highest BCUT2D eigenvalue weighted by molar-refractivity contribution is 5.19. The molecule has 1 aromatic carbocycles. The maximum atomic E-state index is 12.3. The molecule has 0 bridgehead atoms. The van der Waals surface area contributed by atoms with Crippen LogP contribution in [0.1, 0.15) is 18.5 Å². The Morgan fingerprint density at radius 2 is 1.79 bits per heavy atom. The van der Waals surface area contributed by atoms with Gasteiger partial charge in [-0.3, -0.25) is 4.90 Å². The number of nitrogens with zero attached hydrogens (tertiary/aromatic N) is 1. The van der Waals surface area contributed by atoms with Crippen molar-refractivity contribution in [2.75, 3.05) is 27.2 Å². The van der Waals surface area contributed by atoms with Crippen molar-refractivity contribution in [3.8, 4) is 0 Å². The largest absolute Gasteiger partial charge is 0.401 e. The number of alkyl halides is 3. The van der Waals surface area contributed by atoms with Crippen molar-refractivity contribution in [3.05, 3.63) is 35.9 Å². The quantitative estimate of drug-likeness (QED) is 0.857. The van der Waals surface area contributed by atoms with Crippen molar-refractivity contribution in [3.63, 3.8) is 0 Å². The van der Waals surface area contributed by atoms with E-state index in [1.165, 1.54) is 11.9 Å². The first-order valence-corrected chi connectivity index (χ1v) is 6.31. The molecule has 1 aromatic rings. The zero-order chi connectivity index (χ0) is 14.5. The van der Waals surface area contributed by atoms with Crippen molar-refractivity contribution < 1.29 is 13.2 Å². The number of nitrogens with one attached hydrogen (secondary N) is 1. The average molecular weight is 274 g/mol. The van der Waals surface area contributed by atoms with Gasteiger partial charge in [0.05, 0.1) is 6.54 Å². The molecule has 2 atom stereocenters. The predicted octanol–water partition coefficient (Wildman–Crippen LogP) is 3.08. The number of rotatable bonds is 6. The number of hydrogen-bond acceptors (Lipinski definition) is 2. The number of benzene rings is 1. The molecule has 0 spiro atoms. The molecule has 0 saturated carbocycles. The second-order valence-electron chi connectivity index (χ2n) is 4.97. The van der Waals surface area contributed by atoms with Gasteiger partial charge in [-0.15, -0.1) is 0 Å². The van der Waals surface area contributed by atoms with Gasteiger partial charge in [-0.25, -0.2) is 0 Å². The van der Waals surface area contributed by atoms with Gasteiger partial charge in [-0.05, 0) is 25.6 Å². The highest BCUT2D eigenvalue weighted by Gasteiger charge is 2.30. The van der Waals surface area contributed by atoms with Crippen molar-refractivity contribution in [1.82, 2.24) is 10.2 Å². The molecular weight excluding hydrogens is 253 g/mol. The van der Waals surface area contributed by atoms with Crippen LogP contribution in [-0.4, -0.2) is 38.3 Å². The minimum atomic E-state index is -4.14. The smallest absolute Gasteiger partial charge is 0.313 e. The minimum Gasteiger partial charge on any atom is -0.313 e. The summed E-state index contributed by atoms with van der Waals surface area (Å²) in [7, 11) is 3.33. The maximum Gasteiger partial charge on any atom is 0.401 e. The summed E-state index contributed by atoms with van der Waals surface area (Å²) in [5.41, 5.74) is 1.10. The highest BCUT2D eigenvalue weighted by Crippen LogP contribution is 2.23. The molecule has 0 saturated heterocycles. The van der Waals surface area contributed by atoms with Crippen molar-refractivity contribution in [2.45, 2.75) is 19.1 Å². The summed E-state index contributed by atoms with van der Waals surface area (Å²) < 4.78 is 36.9. The molecule has 2 unspecified atom stereocenters. The molecule has 0 aliphatic carbocycles. The summed E-state index contributed by atoms with van der Waals surface area (Å²) in [5.74, 6) is 0.0831. The molecule has 19 heavy (non-hydrogen) atoms. The molecule has 1 rings (SSSR count). The molecule has 108 valence electrons. The van der Waals surface area contributed by atoms with Crippen LogP contribution in [0.25, 0.3) is 0 Å². The summed E-state index contributed by atoms with van der Waals surface area (Å²) in [5, 5.41) is 3.18. The Balaban J connectivity index is 2.62. The lowest BCUT2D eigenvalue weighted by Gasteiger charge is -2.28. The number of halogens is 3. The summed E-state index contributed by atoms with van der Waals surface area (Å²) in [6, 6.07) is 9.83. The van der Waals surface area contributed by atoms with E-state index in [1.807, 2.05) is 44.3 Å². The van der Waals surface area contributed by atoms with Crippen LogP contribution in [0.5, 0.6) is 0 Å². The average Bonchev–Trinajstić information content (AvgIpc) is 2.28. The Kier molecular flexibility index (Phi) is 5.82. The lowest BCUT2D eigenvalue weighted by Crippen LogP contribution is -2.37. The lowest BCUT2D eigenvalue weighted by atomic mass is 9.94. The lowest BCUT2D eigenvalue weighted by molar-refractivity contribution is -0.144. The monoisotopic (exact) mass is 274 g/mol. The maximum absolute atomic E-state index is 12.3. The first-order chi connectivity index (χ1) is 8.83. The van der Waals surface area contributed by atoms with E-state index in [0.717, 1.165) is 5.56 Å². The second kappa shape index (κ2) is 6.91. The molecule has 2 nitrogen and oxygen atoms in total. The fourth-order valence-electron chi connectivity index (χ4n) is 2.41. The van der Waals surface area contributed by atoms with E-state index in [4.69, 9.17) is 0 Å². The third-order valence-corrected chi connectivity index (χ3v) is 3.09. The highest BCUT2D eigenvalue weighted by atomic mass is 19.4. The number of hydrogen-bond donors (Lipinski definition) is 1. The van der Waals surface area contributed by atoms with E-state index in [1.54, 1.807) is 0 Å². The fourth-order valence-corrected chi connectivity index (χ4v) is 2.41. The molecule has 0 aromatic heterocycles. The van der Waals surface area contributed by atoms with Crippen molar-refractivity contribution >= 4 is 0 Å². The van der Waals surface area contributed by atoms with Gasteiger partial charge in [-0.2, -0.15) is 13.2 Å². The van der Waals surface area contributed by atoms with Crippen molar-refractivity contribution in [1.29, 1.82) is 0 Å². The van der Waals surface area contributed by atoms with Crippen molar-refractivity contribution in [2.24, 2.45) is 5.92 Å². The zero-order valence-electron chi connectivity index (χ0n) is 11.5. The Morgan fingerprint density at radius 3 is 2.26 bits per heavy atom. The van der Waals surface area contributed by atoms with Crippen LogP contribution in [0.3, 0.4) is 0 Å². The standard InChI is InChI=1S/C14H21F3N2/c1-11(9-19(3)10-14(15,16)17)13(18-2)12-7-5-4-6-8-12/h4-8,11,13,18H,9-10H2,1-3H3. The van der Waals surface area contributed by atoms with Crippen LogP contribution in [0.4, 0.5) is 13.2 Å². The third-order valence-electron chi connectivity index (χ3n) is 3.09. The molecule has 0 fully saturated rings. The second-order valence-corrected chi connectivity index (χ2v) is 4.97. The molecular formula is C14H21F3N2. The van der Waals surface area contributed by atoms with E-state index in [9.17, 15) is 13.2 Å². The fraction of sp³-hybridized carbons (Fsp3) is 0.571. The van der Waals surface area contributed by atoms with E-state index < -0.39 is 12.7 Å². The summed E-state index contributed by atoms with van der Waals surface area (Å²) in [6.07, 6.45) is -4.14. The molecule has 0 radical (unpaired) electrons. The summed E-state index contributed by atoms with van der Waals surface area (Å²) in [6.45, 7) is 1.48. The Morgan fingerprint density at radius 1 is 1.21 bits per heavy atom. The topological polar surface area (TPSA) is 15.3 Å². The van der Waals surface area contributed by atoms with Gasteiger partial charge in [0.25, 0.3) is 0 Å². The van der Waals surface area contributed by atoms with E-state index in [-0.39, 0.29) is 12.0 Å². The molecule has 0 heterocycles. The van der Waals surface area contributed by atoms with E-state index in [2.05, 4.69) is 5.32 Å². The predicted molar refractivity (Wildman–Crippen MR) is 71.0 cm³/mol. The Labute approximate surface area is 112 Å². The van der Waals surface area contributed by atoms with Gasteiger partial charge >= 0.3 is 6.18 Å². The first-order valence-electron chi connectivity index (χ1n) is 6.31. The van der Waals surface area contributed by atoms with Gasteiger partial charge in [0, 0.05) is 12.6 Å². The minimum absolute atomic E-state index is 0.0527. The van der Waals surface area contributed by atoms with Crippen LogP contribution < -0.4 is 5.32 Å². The van der Waals surface area contributed by atoms with Gasteiger partial charge < -0.3 is 5.32 Å². The molecule has 0 aliphatic heterocycles. The summed E-state index contributed by atoms with van der Waals surface area (Å²) in [4.78, 5) is 1.32. The first kappa shape index (κ1) is 16.0. The Hall–Kier alpha value is -1.07. The van der Waals surface area contributed by atoms with Crippen LogP contribution in [-0.2, 0) is 0 Å². The van der Waals surface area contributed by atoms with Gasteiger partial charge in [0.15, 0.2) is 0 Å². The SMILES string of the molecule is CNC(c1ccccc1)C(C)CN(C)CC(F)(F)F. The van der Waals surface area contributed by atoms with Gasteiger partial charge in [-0.1, -0.05) is 37.3 Å².